The molecule has 98 valence electrons. The number of carbonyl (C=O) groups excluding carboxylic acids is 1. The predicted octanol–water partition coefficient (Wildman–Crippen LogP) is 1.83. The van der Waals surface area contributed by atoms with E-state index in [4.69, 9.17) is 4.74 Å². The number of benzene rings is 1. The van der Waals surface area contributed by atoms with E-state index in [0.29, 0.717) is 12.6 Å². The van der Waals surface area contributed by atoms with Gasteiger partial charge in [-0.15, -0.1) is 0 Å². The van der Waals surface area contributed by atoms with Gasteiger partial charge in [-0.05, 0) is 38.1 Å². The minimum atomic E-state index is -0.0455. The number of halogens is 1. The highest BCUT2D eigenvalue weighted by molar-refractivity contribution is 9.10. The average molecular weight is 313 g/mol. The maximum atomic E-state index is 11.5. The van der Waals surface area contributed by atoms with Crippen LogP contribution in [0.2, 0.25) is 0 Å². The lowest BCUT2D eigenvalue weighted by molar-refractivity contribution is -0.123. The largest absolute Gasteiger partial charge is 0.483 e. The molecule has 0 aromatic heterocycles. The molecule has 1 fully saturated rings. The normalized spacial score (nSPS) is 14.3. The van der Waals surface area contributed by atoms with Crippen LogP contribution in [0.3, 0.4) is 0 Å². The van der Waals surface area contributed by atoms with Crippen LogP contribution in [-0.4, -0.2) is 25.6 Å². The minimum absolute atomic E-state index is 0.0455. The summed E-state index contributed by atoms with van der Waals surface area (Å²) in [5, 5.41) is 5.98. The monoisotopic (exact) mass is 312 g/mol. The topological polar surface area (TPSA) is 50.4 Å². The molecule has 0 unspecified atom stereocenters. The summed E-state index contributed by atoms with van der Waals surface area (Å²) in [4.78, 5) is 11.5. The van der Waals surface area contributed by atoms with Crippen molar-refractivity contribution in [2.75, 3.05) is 13.7 Å². The molecule has 0 spiro atoms. The Labute approximate surface area is 115 Å². The zero-order chi connectivity index (χ0) is 13.0. The molecule has 2 N–H and O–H groups in total. The second kappa shape index (κ2) is 6.20. The van der Waals surface area contributed by atoms with Gasteiger partial charge >= 0.3 is 0 Å². The number of hydrogen-bond donors (Lipinski definition) is 2. The van der Waals surface area contributed by atoms with E-state index in [1.807, 2.05) is 25.2 Å². The number of carbonyl (C=O) groups is 1. The van der Waals surface area contributed by atoms with Crippen LogP contribution in [0.25, 0.3) is 0 Å². The van der Waals surface area contributed by atoms with Crippen molar-refractivity contribution in [2.45, 2.75) is 25.4 Å². The first kappa shape index (κ1) is 13.4. The Morgan fingerprint density at radius 2 is 2.28 bits per heavy atom. The molecule has 4 nitrogen and oxygen atoms in total. The van der Waals surface area contributed by atoms with E-state index in [-0.39, 0.29) is 12.5 Å². The molecule has 1 saturated carbocycles. The van der Waals surface area contributed by atoms with Crippen molar-refractivity contribution in [2.24, 2.45) is 0 Å². The molecular formula is C13H17BrN2O2. The molecule has 0 atom stereocenters. The summed E-state index contributed by atoms with van der Waals surface area (Å²) in [7, 11) is 1.88. The second-order valence-corrected chi connectivity index (χ2v) is 5.33. The third-order valence-corrected chi connectivity index (χ3v) is 3.18. The number of rotatable bonds is 6. The summed E-state index contributed by atoms with van der Waals surface area (Å²) in [6.07, 6.45) is 2.18. The number of nitrogens with one attached hydrogen (secondary N) is 2. The molecular weight excluding hydrogens is 296 g/mol. The Morgan fingerprint density at radius 1 is 1.50 bits per heavy atom. The minimum Gasteiger partial charge on any atom is -0.483 e. The summed E-state index contributed by atoms with van der Waals surface area (Å²) in [5.74, 6) is 0.703. The fourth-order valence-corrected chi connectivity index (χ4v) is 2.07. The highest BCUT2D eigenvalue weighted by atomic mass is 79.9. The van der Waals surface area contributed by atoms with Crippen molar-refractivity contribution < 1.29 is 9.53 Å². The zero-order valence-corrected chi connectivity index (χ0v) is 11.9. The first-order valence-electron chi connectivity index (χ1n) is 6.04. The van der Waals surface area contributed by atoms with Crippen LogP contribution in [0.1, 0.15) is 18.4 Å². The van der Waals surface area contributed by atoms with Gasteiger partial charge in [-0.1, -0.05) is 15.9 Å². The van der Waals surface area contributed by atoms with Crippen LogP contribution >= 0.6 is 15.9 Å². The summed E-state index contributed by atoms with van der Waals surface area (Å²) < 4.78 is 6.56. The molecule has 1 aromatic carbocycles. The molecule has 0 saturated heterocycles. The molecule has 0 bridgehead atoms. The molecule has 2 rings (SSSR count). The lowest BCUT2D eigenvalue weighted by atomic mass is 10.2. The van der Waals surface area contributed by atoms with Crippen molar-refractivity contribution in [3.8, 4) is 5.75 Å². The first-order valence-corrected chi connectivity index (χ1v) is 6.83. The van der Waals surface area contributed by atoms with Crippen LogP contribution < -0.4 is 15.4 Å². The molecule has 1 aromatic rings. The maximum Gasteiger partial charge on any atom is 0.258 e. The summed E-state index contributed by atoms with van der Waals surface area (Å²) >= 11 is 3.42. The molecule has 5 heteroatoms. The van der Waals surface area contributed by atoms with Crippen molar-refractivity contribution in [1.29, 1.82) is 0 Å². The number of ether oxygens (including phenoxy) is 1. The zero-order valence-electron chi connectivity index (χ0n) is 10.3. The highest BCUT2D eigenvalue weighted by Crippen LogP contribution is 2.23. The molecule has 1 amide bonds. The Kier molecular flexibility index (Phi) is 4.60. The molecule has 1 aliphatic carbocycles. The van der Waals surface area contributed by atoms with E-state index < -0.39 is 0 Å². The molecule has 0 aliphatic heterocycles. The Morgan fingerprint density at radius 3 is 2.94 bits per heavy atom. The smallest absolute Gasteiger partial charge is 0.258 e. The van der Waals surface area contributed by atoms with Gasteiger partial charge in [-0.3, -0.25) is 4.79 Å². The van der Waals surface area contributed by atoms with Crippen LogP contribution in [0.4, 0.5) is 0 Å². The summed E-state index contributed by atoms with van der Waals surface area (Å²) in [6.45, 7) is 0.786. The third kappa shape index (κ3) is 3.99. The Balaban J connectivity index is 1.92. The summed E-state index contributed by atoms with van der Waals surface area (Å²) in [5.41, 5.74) is 1.03. The van der Waals surface area contributed by atoms with Gasteiger partial charge in [-0.25, -0.2) is 0 Å². The van der Waals surface area contributed by atoms with Crippen LogP contribution in [0.15, 0.2) is 22.7 Å². The highest BCUT2D eigenvalue weighted by Gasteiger charge is 2.23. The lowest BCUT2D eigenvalue weighted by Gasteiger charge is -2.11. The van der Waals surface area contributed by atoms with Crippen molar-refractivity contribution in [3.05, 3.63) is 28.2 Å². The van der Waals surface area contributed by atoms with Crippen molar-refractivity contribution >= 4 is 21.8 Å². The fraction of sp³-hybridized carbons (Fsp3) is 0.462. The van der Waals surface area contributed by atoms with E-state index in [9.17, 15) is 4.79 Å². The molecule has 18 heavy (non-hydrogen) atoms. The van der Waals surface area contributed by atoms with Gasteiger partial charge < -0.3 is 15.4 Å². The van der Waals surface area contributed by atoms with Gasteiger partial charge in [0.25, 0.3) is 5.91 Å². The van der Waals surface area contributed by atoms with E-state index >= 15 is 0 Å². The summed E-state index contributed by atoms with van der Waals surface area (Å²) in [6, 6.07) is 6.15. The van der Waals surface area contributed by atoms with Crippen LogP contribution in [0.5, 0.6) is 5.75 Å². The average Bonchev–Trinajstić information content (AvgIpc) is 3.12. The van der Waals surface area contributed by atoms with Crippen LogP contribution in [0, 0.1) is 0 Å². The SMILES string of the molecule is CNCc1cc(Br)ccc1OCC(=O)NC1CC1. The van der Waals surface area contributed by atoms with Gasteiger partial charge in [0.05, 0.1) is 0 Å². The van der Waals surface area contributed by atoms with E-state index in [2.05, 4.69) is 26.6 Å². The van der Waals surface area contributed by atoms with Gasteiger partial charge in [0.15, 0.2) is 6.61 Å². The van der Waals surface area contributed by atoms with Gasteiger partial charge in [0.2, 0.25) is 0 Å². The fourth-order valence-electron chi connectivity index (χ4n) is 1.66. The van der Waals surface area contributed by atoms with Gasteiger partial charge in [-0.2, -0.15) is 0 Å². The molecule has 0 radical (unpaired) electrons. The maximum absolute atomic E-state index is 11.5. The Bertz CT molecular complexity index is 433. The molecule has 1 aliphatic rings. The van der Waals surface area contributed by atoms with Crippen LogP contribution in [-0.2, 0) is 11.3 Å². The predicted molar refractivity (Wildman–Crippen MR) is 73.6 cm³/mol. The van der Waals surface area contributed by atoms with Crippen molar-refractivity contribution in [3.63, 3.8) is 0 Å². The Hall–Kier alpha value is -1.07. The van der Waals surface area contributed by atoms with E-state index in [1.54, 1.807) is 0 Å². The van der Waals surface area contributed by atoms with E-state index in [0.717, 1.165) is 28.6 Å². The quantitative estimate of drug-likeness (QED) is 0.842. The van der Waals surface area contributed by atoms with Gasteiger partial charge in [0.1, 0.15) is 5.75 Å². The standard InChI is InChI=1S/C13H17BrN2O2/c1-15-7-9-6-10(14)2-5-12(9)18-8-13(17)16-11-3-4-11/h2,5-6,11,15H,3-4,7-8H2,1H3,(H,16,17). The number of hydrogen-bond acceptors (Lipinski definition) is 3. The van der Waals surface area contributed by atoms with Crippen molar-refractivity contribution in [1.82, 2.24) is 10.6 Å². The second-order valence-electron chi connectivity index (χ2n) is 4.41. The first-order chi connectivity index (χ1) is 8.69. The van der Waals surface area contributed by atoms with Gasteiger partial charge in [0, 0.05) is 22.6 Å². The lowest BCUT2D eigenvalue weighted by Crippen LogP contribution is -2.30. The molecule has 0 heterocycles. The number of amides is 1. The van der Waals surface area contributed by atoms with E-state index in [1.165, 1.54) is 0 Å². The third-order valence-electron chi connectivity index (χ3n) is 2.69.